The molecule has 2 atom stereocenters. The largest absolute Gasteiger partial charge is 0.481 e. The molecule has 0 saturated heterocycles. The Balaban J connectivity index is 2.09. The number of hydrogen-bond donors (Lipinski definition) is 1. The van der Waals surface area contributed by atoms with Gasteiger partial charge in [-0.25, -0.2) is 0 Å². The number of ether oxygens (including phenoxy) is 1. The number of aryl methyl sites for hydroxylation is 4. The van der Waals surface area contributed by atoms with E-state index in [1.165, 1.54) is 16.7 Å². The van der Waals surface area contributed by atoms with Crippen molar-refractivity contribution < 1.29 is 9.53 Å². The van der Waals surface area contributed by atoms with E-state index >= 15 is 0 Å². The average Bonchev–Trinajstić information content (AvgIpc) is 2.54. The third kappa shape index (κ3) is 4.62. The summed E-state index contributed by atoms with van der Waals surface area (Å²) in [5.41, 5.74) is 6.89. The summed E-state index contributed by atoms with van der Waals surface area (Å²) in [6.07, 6.45) is -0.549. The van der Waals surface area contributed by atoms with E-state index < -0.39 is 6.10 Å². The fourth-order valence-electron chi connectivity index (χ4n) is 3.00. The number of amides is 1. The molecule has 2 aromatic rings. The summed E-state index contributed by atoms with van der Waals surface area (Å²) in [6.45, 7) is 14.0. The summed E-state index contributed by atoms with van der Waals surface area (Å²) in [5, 5.41) is 3.07. The maximum Gasteiger partial charge on any atom is 0.261 e. The van der Waals surface area contributed by atoms with Crippen molar-refractivity contribution in [2.75, 3.05) is 0 Å². The summed E-state index contributed by atoms with van der Waals surface area (Å²) < 4.78 is 5.95. The van der Waals surface area contributed by atoms with Crippen LogP contribution in [0.4, 0.5) is 0 Å². The predicted molar refractivity (Wildman–Crippen MR) is 103 cm³/mol. The summed E-state index contributed by atoms with van der Waals surface area (Å²) in [4.78, 5) is 12.6. The standard InChI is InChI=1S/C22H29NO2/c1-13-8-9-15(3)20(11-13)18(6)23-22(24)19(7)25-21-12-14(2)10-16(4)17(21)5/h8-12,18-19H,1-7H3,(H,23,24)/t18-,19-/m0/s1. The Morgan fingerprint density at radius 1 is 0.920 bits per heavy atom. The van der Waals surface area contributed by atoms with Crippen molar-refractivity contribution in [3.8, 4) is 5.75 Å². The smallest absolute Gasteiger partial charge is 0.261 e. The quantitative estimate of drug-likeness (QED) is 0.843. The molecule has 0 aliphatic rings. The number of carbonyl (C=O) groups excluding carboxylic acids is 1. The van der Waals surface area contributed by atoms with Crippen LogP contribution in [0.2, 0.25) is 0 Å². The number of carbonyl (C=O) groups is 1. The summed E-state index contributed by atoms with van der Waals surface area (Å²) in [7, 11) is 0. The molecule has 3 nitrogen and oxygen atoms in total. The number of hydrogen-bond acceptors (Lipinski definition) is 2. The Bertz CT molecular complexity index is 780. The van der Waals surface area contributed by atoms with Gasteiger partial charge in [-0.2, -0.15) is 0 Å². The average molecular weight is 339 g/mol. The number of rotatable bonds is 5. The van der Waals surface area contributed by atoms with Crippen molar-refractivity contribution in [1.82, 2.24) is 5.32 Å². The Hall–Kier alpha value is -2.29. The molecule has 0 aliphatic heterocycles. The van der Waals surface area contributed by atoms with Gasteiger partial charge in [-0.3, -0.25) is 4.79 Å². The van der Waals surface area contributed by atoms with Crippen LogP contribution in [-0.2, 0) is 4.79 Å². The molecular weight excluding hydrogens is 310 g/mol. The minimum absolute atomic E-state index is 0.0567. The van der Waals surface area contributed by atoms with E-state index in [0.29, 0.717) is 0 Å². The van der Waals surface area contributed by atoms with Crippen LogP contribution in [0, 0.1) is 34.6 Å². The minimum atomic E-state index is -0.549. The zero-order chi connectivity index (χ0) is 18.7. The second-order valence-electron chi connectivity index (χ2n) is 7.06. The van der Waals surface area contributed by atoms with E-state index in [1.807, 2.05) is 26.8 Å². The van der Waals surface area contributed by atoms with Gasteiger partial charge in [0.1, 0.15) is 5.75 Å². The molecule has 0 aromatic heterocycles. The van der Waals surface area contributed by atoms with Crippen molar-refractivity contribution in [3.63, 3.8) is 0 Å². The summed E-state index contributed by atoms with van der Waals surface area (Å²) in [5.74, 6) is 0.673. The number of benzene rings is 2. The molecule has 0 heterocycles. The van der Waals surface area contributed by atoms with Gasteiger partial charge in [0.05, 0.1) is 6.04 Å². The lowest BCUT2D eigenvalue weighted by molar-refractivity contribution is -0.127. The molecule has 0 saturated carbocycles. The van der Waals surface area contributed by atoms with Gasteiger partial charge in [0.25, 0.3) is 5.91 Å². The zero-order valence-corrected chi connectivity index (χ0v) is 16.4. The molecular formula is C22H29NO2. The second-order valence-corrected chi connectivity index (χ2v) is 7.06. The highest BCUT2D eigenvalue weighted by Crippen LogP contribution is 2.25. The Kier molecular flexibility index (Phi) is 5.89. The van der Waals surface area contributed by atoms with Crippen LogP contribution in [0.3, 0.4) is 0 Å². The first-order valence-electron chi connectivity index (χ1n) is 8.81. The van der Waals surface area contributed by atoms with Gasteiger partial charge in [-0.05, 0) is 82.3 Å². The Labute approximate surface area is 151 Å². The molecule has 0 spiro atoms. The molecule has 134 valence electrons. The van der Waals surface area contributed by atoms with E-state index in [0.717, 1.165) is 22.4 Å². The van der Waals surface area contributed by atoms with Gasteiger partial charge in [-0.1, -0.05) is 29.8 Å². The predicted octanol–water partition coefficient (Wildman–Crippen LogP) is 4.87. The van der Waals surface area contributed by atoms with E-state index in [4.69, 9.17) is 4.74 Å². The van der Waals surface area contributed by atoms with Crippen LogP contribution in [0.1, 0.15) is 53.3 Å². The number of nitrogens with one attached hydrogen (secondary N) is 1. The first-order valence-corrected chi connectivity index (χ1v) is 8.81. The first-order chi connectivity index (χ1) is 11.7. The Morgan fingerprint density at radius 2 is 1.60 bits per heavy atom. The molecule has 1 N–H and O–H groups in total. The van der Waals surface area contributed by atoms with E-state index in [-0.39, 0.29) is 11.9 Å². The van der Waals surface area contributed by atoms with Crippen molar-refractivity contribution >= 4 is 5.91 Å². The van der Waals surface area contributed by atoms with Gasteiger partial charge in [0.2, 0.25) is 0 Å². The van der Waals surface area contributed by atoms with Gasteiger partial charge in [0.15, 0.2) is 6.10 Å². The highest BCUT2D eigenvalue weighted by atomic mass is 16.5. The topological polar surface area (TPSA) is 38.3 Å². The van der Waals surface area contributed by atoms with Crippen molar-refractivity contribution in [1.29, 1.82) is 0 Å². The van der Waals surface area contributed by atoms with Crippen molar-refractivity contribution in [2.45, 2.75) is 60.6 Å². The van der Waals surface area contributed by atoms with Crippen LogP contribution < -0.4 is 10.1 Å². The van der Waals surface area contributed by atoms with Gasteiger partial charge >= 0.3 is 0 Å². The molecule has 3 heteroatoms. The second kappa shape index (κ2) is 7.73. The molecule has 0 radical (unpaired) electrons. The van der Waals surface area contributed by atoms with Gasteiger partial charge in [-0.15, -0.1) is 0 Å². The lowest BCUT2D eigenvalue weighted by atomic mass is 10.00. The molecule has 0 fully saturated rings. The van der Waals surface area contributed by atoms with Crippen LogP contribution >= 0.6 is 0 Å². The van der Waals surface area contributed by atoms with Gasteiger partial charge in [0, 0.05) is 0 Å². The van der Waals surface area contributed by atoms with E-state index in [1.54, 1.807) is 6.92 Å². The van der Waals surface area contributed by atoms with Crippen LogP contribution in [-0.4, -0.2) is 12.0 Å². The molecule has 1 amide bonds. The third-order valence-corrected chi connectivity index (χ3v) is 4.70. The molecule has 0 unspecified atom stereocenters. The highest BCUT2D eigenvalue weighted by molar-refractivity contribution is 5.81. The molecule has 2 rings (SSSR count). The lowest BCUT2D eigenvalue weighted by Crippen LogP contribution is -2.38. The maximum atomic E-state index is 12.6. The zero-order valence-electron chi connectivity index (χ0n) is 16.4. The lowest BCUT2D eigenvalue weighted by Gasteiger charge is -2.22. The first kappa shape index (κ1) is 19.0. The van der Waals surface area contributed by atoms with Crippen molar-refractivity contribution in [3.05, 3.63) is 63.7 Å². The van der Waals surface area contributed by atoms with E-state index in [9.17, 15) is 4.79 Å². The third-order valence-electron chi connectivity index (χ3n) is 4.70. The normalized spacial score (nSPS) is 13.2. The Morgan fingerprint density at radius 3 is 2.28 bits per heavy atom. The fraction of sp³-hybridized carbons (Fsp3) is 0.409. The summed E-state index contributed by atoms with van der Waals surface area (Å²) in [6, 6.07) is 10.3. The van der Waals surface area contributed by atoms with Crippen LogP contribution in [0.25, 0.3) is 0 Å². The summed E-state index contributed by atoms with van der Waals surface area (Å²) >= 11 is 0. The highest BCUT2D eigenvalue weighted by Gasteiger charge is 2.19. The van der Waals surface area contributed by atoms with Gasteiger partial charge < -0.3 is 10.1 Å². The maximum absolute atomic E-state index is 12.6. The van der Waals surface area contributed by atoms with Crippen LogP contribution in [0.15, 0.2) is 30.3 Å². The molecule has 25 heavy (non-hydrogen) atoms. The SMILES string of the molecule is Cc1cc(C)c(C)c(O[C@@H](C)C(=O)N[C@@H](C)c2cc(C)ccc2C)c1. The fourth-order valence-corrected chi connectivity index (χ4v) is 3.00. The molecule has 0 bridgehead atoms. The molecule has 2 aromatic carbocycles. The van der Waals surface area contributed by atoms with Crippen LogP contribution in [0.5, 0.6) is 5.75 Å². The minimum Gasteiger partial charge on any atom is -0.481 e. The monoisotopic (exact) mass is 339 g/mol. The van der Waals surface area contributed by atoms with E-state index in [2.05, 4.69) is 50.4 Å². The van der Waals surface area contributed by atoms with Crippen molar-refractivity contribution in [2.24, 2.45) is 0 Å². The molecule has 0 aliphatic carbocycles.